The number of nitrogens with one attached hydrogen (secondary N) is 1. The van der Waals surface area contributed by atoms with E-state index >= 15 is 0 Å². The third-order valence-corrected chi connectivity index (χ3v) is 3.49. The molecule has 2 rings (SSSR count). The maximum atomic E-state index is 12.1. The van der Waals surface area contributed by atoms with Gasteiger partial charge in [0.2, 0.25) is 0 Å². The fraction of sp³-hybridized carbons (Fsp3) is 0.600. The highest BCUT2D eigenvalue weighted by Crippen LogP contribution is 2.19. The van der Waals surface area contributed by atoms with Crippen LogP contribution in [0.4, 0.5) is 0 Å². The number of pyridine rings is 1. The third kappa shape index (κ3) is 3.77. The predicted molar refractivity (Wildman–Crippen MR) is 75.3 cm³/mol. The van der Waals surface area contributed by atoms with Crippen molar-refractivity contribution in [2.75, 3.05) is 19.8 Å². The topological polar surface area (TPSA) is 60.5 Å². The summed E-state index contributed by atoms with van der Waals surface area (Å²) in [5, 5.41) is 3.26. The fourth-order valence-corrected chi connectivity index (χ4v) is 2.38. The zero-order chi connectivity index (χ0) is 14.4. The highest BCUT2D eigenvalue weighted by Gasteiger charge is 2.25. The first-order chi connectivity index (χ1) is 9.72. The van der Waals surface area contributed by atoms with Gasteiger partial charge in [-0.15, -0.1) is 0 Å². The number of aromatic nitrogens is 1. The molecule has 2 atom stereocenters. The lowest BCUT2D eigenvalue weighted by Crippen LogP contribution is -2.36. The van der Waals surface area contributed by atoms with E-state index < -0.39 is 6.04 Å². The van der Waals surface area contributed by atoms with Crippen LogP contribution in [0.5, 0.6) is 0 Å². The summed E-state index contributed by atoms with van der Waals surface area (Å²) in [6.45, 7) is 5.61. The molecular formula is C15H22N2O3. The van der Waals surface area contributed by atoms with Crippen molar-refractivity contribution in [1.82, 2.24) is 10.3 Å². The second kappa shape index (κ2) is 7.36. The highest BCUT2D eigenvalue weighted by atomic mass is 16.5. The number of rotatable bonds is 6. The van der Waals surface area contributed by atoms with Crippen LogP contribution in [-0.4, -0.2) is 36.8 Å². The van der Waals surface area contributed by atoms with E-state index in [0.29, 0.717) is 13.2 Å². The average molecular weight is 278 g/mol. The van der Waals surface area contributed by atoms with Crippen LogP contribution in [0.15, 0.2) is 18.5 Å². The van der Waals surface area contributed by atoms with E-state index in [1.54, 1.807) is 12.4 Å². The normalized spacial score (nSPS) is 19.8. The zero-order valence-corrected chi connectivity index (χ0v) is 12.1. The molecule has 5 nitrogen and oxygen atoms in total. The van der Waals surface area contributed by atoms with E-state index in [-0.39, 0.29) is 12.1 Å². The third-order valence-electron chi connectivity index (χ3n) is 3.49. The Bertz CT molecular complexity index is 444. The van der Waals surface area contributed by atoms with Crippen LogP contribution in [-0.2, 0) is 14.3 Å². The molecule has 0 bridgehead atoms. The van der Waals surface area contributed by atoms with Gasteiger partial charge in [0, 0.05) is 31.1 Å². The van der Waals surface area contributed by atoms with Gasteiger partial charge in [0.1, 0.15) is 6.04 Å². The number of ether oxygens (including phenoxy) is 2. The van der Waals surface area contributed by atoms with Crippen LogP contribution < -0.4 is 5.32 Å². The summed E-state index contributed by atoms with van der Waals surface area (Å²) >= 11 is 0. The Labute approximate surface area is 119 Å². The van der Waals surface area contributed by atoms with Crippen molar-refractivity contribution >= 4 is 5.97 Å². The SMILES string of the molecule is CCOC(=O)C(NCC1CCCO1)c1cnccc1C. The number of carbonyl (C=O) groups is 1. The lowest BCUT2D eigenvalue weighted by molar-refractivity contribution is -0.146. The van der Waals surface area contributed by atoms with Gasteiger partial charge in [-0.1, -0.05) is 0 Å². The summed E-state index contributed by atoms with van der Waals surface area (Å²) in [5.41, 5.74) is 1.89. The summed E-state index contributed by atoms with van der Waals surface area (Å²) in [6, 6.07) is 1.42. The Morgan fingerprint density at radius 3 is 3.15 bits per heavy atom. The lowest BCUT2D eigenvalue weighted by Gasteiger charge is -2.20. The molecule has 1 aliphatic rings. The number of carbonyl (C=O) groups excluding carboxylic acids is 1. The maximum absolute atomic E-state index is 12.1. The largest absolute Gasteiger partial charge is 0.465 e. The van der Waals surface area contributed by atoms with E-state index in [0.717, 1.165) is 30.6 Å². The van der Waals surface area contributed by atoms with Gasteiger partial charge < -0.3 is 9.47 Å². The van der Waals surface area contributed by atoms with Gasteiger partial charge in [-0.25, -0.2) is 4.79 Å². The molecule has 1 aromatic rings. The summed E-state index contributed by atoms with van der Waals surface area (Å²) in [4.78, 5) is 16.3. The van der Waals surface area contributed by atoms with Crippen LogP contribution >= 0.6 is 0 Å². The smallest absolute Gasteiger partial charge is 0.327 e. The van der Waals surface area contributed by atoms with Gasteiger partial charge in [-0.3, -0.25) is 10.3 Å². The first-order valence-electron chi connectivity index (χ1n) is 7.14. The molecule has 1 aromatic heterocycles. The summed E-state index contributed by atoms with van der Waals surface area (Å²) < 4.78 is 10.7. The van der Waals surface area contributed by atoms with Crippen molar-refractivity contribution in [1.29, 1.82) is 0 Å². The molecule has 5 heteroatoms. The van der Waals surface area contributed by atoms with Crippen molar-refractivity contribution in [2.45, 2.75) is 38.8 Å². The number of nitrogens with zero attached hydrogens (tertiary/aromatic N) is 1. The van der Waals surface area contributed by atoms with Gasteiger partial charge in [-0.05, 0) is 38.3 Å². The molecule has 0 amide bonds. The Balaban J connectivity index is 2.07. The van der Waals surface area contributed by atoms with Gasteiger partial charge in [0.15, 0.2) is 0 Å². The molecule has 0 aromatic carbocycles. The number of hydrogen-bond acceptors (Lipinski definition) is 5. The van der Waals surface area contributed by atoms with Crippen LogP contribution in [0.25, 0.3) is 0 Å². The minimum atomic E-state index is -0.479. The average Bonchev–Trinajstić information content (AvgIpc) is 2.94. The first-order valence-corrected chi connectivity index (χ1v) is 7.14. The van der Waals surface area contributed by atoms with E-state index in [1.807, 2.05) is 19.9 Å². The fourth-order valence-electron chi connectivity index (χ4n) is 2.38. The first kappa shape index (κ1) is 14.9. The lowest BCUT2D eigenvalue weighted by atomic mass is 10.0. The molecule has 2 heterocycles. The minimum Gasteiger partial charge on any atom is -0.465 e. The monoisotopic (exact) mass is 278 g/mol. The molecule has 20 heavy (non-hydrogen) atoms. The van der Waals surface area contributed by atoms with Crippen molar-refractivity contribution in [3.05, 3.63) is 29.6 Å². The van der Waals surface area contributed by atoms with Crippen molar-refractivity contribution in [2.24, 2.45) is 0 Å². The Morgan fingerprint density at radius 1 is 1.65 bits per heavy atom. The van der Waals surface area contributed by atoms with Crippen LogP contribution in [0, 0.1) is 6.92 Å². The van der Waals surface area contributed by atoms with Gasteiger partial charge in [0.25, 0.3) is 0 Å². The summed E-state index contributed by atoms with van der Waals surface area (Å²) in [7, 11) is 0. The molecule has 110 valence electrons. The van der Waals surface area contributed by atoms with Crippen LogP contribution in [0.3, 0.4) is 0 Å². The van der Waals surface area contributed by atoms with Gasteiger partial charge >= 0.3 is 5.97 Å². The number of aryl methyl sites for hydroxylation is 1. The van der Waals surface area contributed by atoms with Crippen molar-refractivity contribution in [3.63, 3.8) is 0 Å². The zero-order valence-electron chi connectivity index (χ0n) is 12.1. The molecule has 0 spiro atoms. The number of hydrogen-bond donors (Lipinski definition) is 1. The highest BCUT2D eigenvalue weighted by molar-refractivity contribution is 5.78. The Hall–Kier alpha value is -1.46. The number of esters is 1. The van der Waals surface area contributed by atoms with Crippen molar-refractivity contribution < 1.29 is 14.3 Å². The molecular weight excluding hydrogens is 256 g/mol. The van der Waals surface area contributed by atoms with E-state index in [2.05, 4.69) is 10.3 Å². The van der Waals surface area contributed by atoms with E-state index in [9.17, 15) is 4.79 Å². The van der Waals surface area contributed by atoms with Gasteiger partial charge in [-0.2, -0.15) is 0 Å². The molecule has 1 N–H and O–H groups in total. The molecule has 0 radical (unpaired) electrons. The van der Waals surface area contributed by atoms with Crippen LogP contribution in [0.2, 0.25) is 0 Å². The molecule has 0 aliphatic carbocycles. The molecule has 1 aliphatic heterocycles. The van der Waals surface area contributed by atoms with E-state index in [1.165, 1.54) is 0 Å². The van der Waals surface area contributed by atoms with Gasteiger partial charge in [0.05, 0.1) is 12.7 Å². The minimum absolute atomic E-state index is 0.184. The Morgan fingerprint density at radius 2 is 2.50 bits per heavy atom. The standard InChI is InChI=1S/C15H22N2O3/c1-3-19-15(18)14(13-10-16-7-6-11(13)2)17-9-12-5-4-8-20-12/h6-7,10,12,14,17H,3-5,8-9H2,1-2H3. The summed E-state index contributed by atoms with van der Waals surface area (Å²) in [6.07, 6.45) is 5.75. The van der Waals surface area contributed by atoms with E-state index in [4.69, 9.17) is 9.47 Å². The Kier molecular flexibility index (Phi) is 5.49. The second-order valence-corrected chi connectivity index (χ2v) is 4.96. The van der Waals surface area contributed by atoms with Crippen LogP contribution in [0.1, 0.15) is 36.9 Å². The summed E-state index contributed by atoms with van der Waals surface area (Å²) in [5.74, 6) is -0.262. The molecule has 2 unspecified atom stereocenters. The predicted octanol–water partition coefficient (Wildman–Crippen LogP) is 1.76. The maximum Gasteiger partial charge on any atom is 0.327 e. The quantitative estimate of drug-likeness (QED) is 0.804. The molecule has 0 saturated carbocycles. The second-order valence-electron chi connectivity index (χ2n) is 4.96. The van der Waals surface area contributed by atoms with Crippen molar-refractivity contribution in [3.8, 4) is 0 Å². The molecule has 1 saturated heterocycles. The molecule has 1 fully saturated rings.